The molecule has 0 radical (unpaired) electrons. The molecule has 0 aliphatic rings. The summed E-state index contributed by atoms with van der Waals surface area (Å²) in [6, 6.07) is -1.85. The highest BCUT2D eigenvalue weighted by atomic mass is 33.1. The van der Waals surface area contributed by atoms with E-state index in [9.17, 15) is 9.59 Å². The Morgan fingerprint density at radius 3 is 1.55 bits per heavy atom. The van der Waals surface area contributed by atoms with Crippen molar-refractivity contribution in [1.29, 1.82) is 0 Å². The van der Waals surface area contributed by atoms with E-state index in [1.807, 2.05) is 0 Å². The first-order valence-corrected chi connectivity index (χ1v) is 8.49. The van der Waals surface area contributed by atoms with Crippen LogP contribution in [0.25, 0.3) is 0 Å². The zero-order valence-corrected chi connectivity index (χ0v) is 13.1. The summed E-state index contributed by atoms with van der Waals surface area (Å²) in [4.78, 5) is 20.5. The molecule has 0 aromatic carbocycles. The van der Waals surface area contributed by atoms with Crippen molar-refractivity contribution in [1.82, 2.24) is 0 Å². The van der Waals surface area contributed by atoms with Gasteiger partial charge in [0.25, 0.3) is 0 Å². The van der Waals surface area contributed by atoms with Gasteiger partial charge in [-0.25, -0.2) is 0 Å². The van der Waals surface area contributed by atoms with E-state index in [2.05, 4.69) is 12.6 Å². The Balaban J connectivity index is 0. The summed E-state index contributed by atoms with van der Waals surface area (Å²) in [7, 11) is 2.41. The lowest BCUT2D eigenvalue weighted by atomic mass is 10.4. The monoisotopic (exact) mass is 348 g/mol. The third kappa shape index (κ3) is 14.2. The van der Waals surface area contributed by atoms with Crippen molar-refractivity contribution in [2.24, 2.45) is 11.5 Å². The minimum absolute atomic E-state index is 0.191. The maximum Gasteiger partial charge on any atom is 0.321 e. The van der Waals surface area contributed by atoms with Crippen LogP contribution in [0.5, 0.6) is 0 Å². The summed E-state index contributed by atoms with van der Waals surface area (Å²) < 4.78 is 0. The second kappa shape index (κ2) is 13.8. The van der Waals surface area contributed by atoms with Crippen molar-refractivity contribution >= 4 is 46.2 Å². The molecule has 0 aliphatic carbocycles. The molecule has 0 saturated carbocycles. The maximum absolute atomic E-state index is 10.3. The Morgan fingerprint density at radius 2 is 1.40 bits per heavy atom. The highest BCUT2D eigenvalue weighted by molar-refractivity contribution is 8.76. The van der Waals surface area contributed by atoms with Crippen LogP contribution in [0.3, 0.4) is 0 Å². The minimum atomic E-state index is -1.07. The Morgan fingerprint density at radius 1 is 1.05 bits per heavy atom. The lowest BCUT2D eigenvalue weighted by Crippen LogP contribution is -2.33. The number of aliphatic hydroxyl groups excluding tert-OH is 2. The minimum Gasteiger partial charge on any atom is -0.480 e. The van der Waals surface area contributed by atoms with Crippen LogP contribution in [0.15, 0.2) is 0 Å². The third-order valence-electron chi connectivity index (χ3n) is 1.63. The van der Waals surface area contributed by atoms with E-state index in [1.165, 1.54) is 21.6 Å². The van der Waals surface area contributed by atoms with E-state index in [0.29, 0.717) is 5.75 Å². The first-order chi connectivity index (χ1) is 9.26. The van der Waals surface area contributed by atoms with E-state index in [-0.39, 0.29) is 18.1 Å². The number of aliphatic hydroxyl groups is 2. The first kappa shape index (κ1) is 22.1. The Kier molecular flexibility index (Phi) is 15.3. The van der Waals surface area contributed by atoms with Crippen LogP contribution >= 0.6 is 34.2 Å². The highest BCUT2D eigenvalue weighted by Gasteiger charge is 2.14. The van der Waals surface area contributed by atoms with Crippen molar-refractivity contribution in [3.63, 3.8) is 0 Å². The van der Waals surface area contributed by atoms with E-state index in [0.717, 1.165) is 0 Å². The second-order valence-electron chi connectivity index (χ2n) is 3.48. The molecule has 0 aromatic rings. The van der Waals surface area contributed by atoms with Gasteiger partial charge in [0.2, 0.25) is 0 Å². The predicted molar refractivity (Wildman–Crippen MR) is 83.1 cm³/mol. The molecule has 3 unspecified atom stereocenters. The van der Waals surface area contributed by atoms with Crippen molar-refractivity contribution in [3.05, 3.63) is 0 Å². The average molecular weight is 348 g/mol. The second-order valence-corrected chi connectivity index (χ2v) is 6.39. The van der Waals surface area contributed by atoms with Crippen LogP contribution in [0.2, 0.25) is 0 Å². The van der Waals surface area contributed by atoms with Crippen molar-refractivity contribution < 1.29 is 30.0 Å². The zero-order valence-electron chi connectivity index (χ0n) is 10.6. The van der Waals surface area contributed by atoms with Gasteiger partial charge in [0.15, 0.2) is 0 Å². The molecule has 0 amide bonds. The summed E-state index contributed by atoms with van der Waals surface area (Å²) in [5.41, 5.74) is 10.4. The average Bonchev–Trinajstić information content (AvgIpc) is 2.42. The number of thiol groups is 1. The van der Waals surface area contributed by atoms with Gasteiger partial charge in [-0.15, -0.1) is 0 Å². The molecule has 0 bridgehead atoms. The van der Waals surface area contributed by atoms with Crippen LogP contribution in [0, 0.1) is 0 Å². The van der Waals surface area contributed by atoms with Crippen LogP contribution in [0.4, 0.5) is 0 Å². The molecular weight excluding hydrogens is 328 g/mol. The number of aliphatic carboxylic acids is 2. The number of carbonyl (C=O) groups is 2. The quantitative estimate of drug-likeness (QED) is 0.147. The van der Waals surface area contributed by atoms with Crippen molar-refractivity contribution in [2.45, 2.75) is 18.2 Å². The Labute approximate surface area is 130 Å². The molecule has 11 heteroatoms. The number of nitrogens with two attached hydrogens (primary N) is 2. The normalized spacial score (nSPS) is 14.7. The predicted octanol–water partition coefficient (Wildman–Crippen LogP) is -1.54. The molecule has 0 rings (SSSR count). The summed E-state index contributed by atoms with van der Waals surface area (Å²) >= 11 is 3.69. The van der Waals surface area contributed by atoms with Crippen LogP contribution < -0.4 is 11.5 Å². The van der Waals surface area contributed by atoms with Gasteiger partial charge in [-0.3, -0.25) is 9.59 Å². The topological polar surface area (TPSA) is 167 Å². The summed E-state index contributed by atoms with van der Waals surface area (Å²) in [5.74, 6) is -1.35. The lowest BCUT2D eigenvalue weighted by molar-refractivity contribution is -0.138. The Hall–Kier alpha value is -0.170. The van der Waals surface area contributed by atoms with Crippen molar-refractivity contribution in [2.75, 3.05) is 23.9 Å². The molecule has 3 atom stereocenters. The number of carboxylic acid groups (broad SMARTS) is 2. The van der Waals surface area contributed by atoms with Gasteiger partial charge in [-0.05, 0) is 0 Å². The number of hydrogen-bond acceptors (Lipinski definition) is 9. The summed E-state index contributed by atoms with van der Waals surface area (Å²) in [6.07, 6.45) is -0.645. The zero-order chi connectivity index (χ0) is 16.1. The van der Waals surface area contributed by atoms with Gasteiger partial charge >= 0.3 is 11.9 Å². The molecule has 20 heavy (non-hydrogen) atoms. The Bertz CT molecular complexity index is 258. The van der Waals surface area contributed by atoms with Gasteiger partial charge in [0, 0.05) is 17.3 Å². The van der Waals surface area contributed by atoms with Crippen LogP contribution in [0.1, 0.15) is 0 Å². The van der Waals surface area contributed by atoms with Crippen LogP contribution in [-0.4, -0.2) is 74.4 Å². The van der Waals surface area contributed by atoms with Gasteiger partial charge in [-0.1, -0.05) is 21.6 Å². The van der Waals surface area contributed by atoms with Gasteiger partial charge in [0.05, 0.1) is 12.7 Å². The number of rotatable bonds is 9. The molecule has 0 saturated heterocycles. The molecule has 0 aliphatic heterocycles. The largest absolute Gasteiger partial charge is 0.480 e. The fraction of sp³-hybridized carbons (Fsp3) is 0.778. The van der Waals surface area contributed by atoms with Gasteiger partial charge in [-0.2, -0.15) is 12.6 Å². The van der Waals surface area contributed by atoms with E-state index in [4.69, 9.17) is 31.9 Å². The van der Waals surface area contributed by atoms with E-state index < -0.39 is 30.1 Å². The number of hydrogen-bond donors (Lipinski definition) is 7. The molecule has 120 valence electrons. The standard InChI is InChI=1S/C6H12N2O4S2.C3H8O2S/c7-3(5(9)10)1-13-14-2-4(8)6(11)12;4-1-3(5)2-6/h3-4H,1-2,7-8H2,(H,9,10)(H,11,12);3-6H,1-2H2. The summed E-state index contributed by atoms with van der Waals surface area (Å²) in [6.45, 7) is -0.191. The lowest BCUT2D eigenvalue weighted by Gasteiger charge is -2.07. The molecule has 8 N–H and O–H groups in total. The van der Waals surface area contributed by atoms with Gasteiger partial charge < -0.3 is 31.9 Å². The van der Waals surface area contributed by atoms with E-state index in [1.54, 1.807) is 0 Å². The highest BCUT2D eigenvalue weighted by Crippen LogP contribution is 2.22. The fourth-order valence-corrected chi connectivity index (χ4v) is 2.79. The van der Waals surface area contributed by atoms with Crippen LogP contribution in [-0.2, 0) is 9.59 Å². The molecule has 0 spiro atoms. The molecule has 0 fully saturated rings. The molecule has 8 nitrogen and oxygen atoms in total. The molecular formula is C9H20N2O6S3. The SMILES string of the molecule is NC(CSSCC(N)C(=O)O)C(=O)O.OCC(O)CS. The molecule has 0 heterocycles. The third-order valence-corrected chi connectivity index (χ3v) is 4.53. The maximum atomic E-state index is 10.3. The van der Waals surface area contributed by atoms with Crippen molar-refractivity contribution in [3.8, 4) is 0 Å². The smallest absolute Gasteiger partial charge is 0.321 e. The van der Waals surface area contributed by atoms with Gasteiger partial charge in [0.1, 0.15) is 12.1 Å². The summed E-state index contributed by atoms with van der Waals surface area (Å²) in [5, 5.41) is 33.2. The number of carboxylic acids is 2. The fourth-order valence-electron chi connectivity index (χ4n) is 0.443. The first-order valence-electron chi connectivity index (χ1n) is 5.37. The molecule has 0 aromatic heterocycles. The van der Waals surface area contributed by atoms with E-state index >= 15 is 0 Å².